The van der Waals surface area contributed by atoms with Gasteiger partial charge in [-0.1, -0.05) is 46.8 Å². The Kier molecular flexibility index (Phi) is 8.29. The van der Waals surface area contributed by atoms with Crippen LogP contribution in [-0.2, 0) is 10.2 Å². The number of methoxy groups -OCH3 is 1. The summed E-state index contributed by atoms with van der Waals surface area (Å²) in [5, 5.41) is 3.98. The van der Waals surface area contributed by atoms with Crippen LogP contribution in [0, 0.1) is 8.99 Å². The summed E-state index contributed by atoms with van der Waals surface area (Å²) in [6.07, 6.45) is 2.67. The first-order valence-electron chi connectivity index (χ1n) is 9.89. The first-order chi connectivity index (χ1) is 14.0. The normalized spacial score (nSPS) is 12.1. The minimum absolute atomic E-state index is 0.0716. The summed E-state index contributed by atoms with van der Waals surface area (Å²) < 4.78 is 11.8. The number of carbonyl (C=O) groups excluding carboxylic acids is 1. The Morgan fingerprint density at radius 2 is 1.77 bits per heavy atom. The number of hydrogen-bond acceptors (Lipinski definition) is 4. The highest BCUT2D eigenvalue weighted by molar-refractivity contribution is 14.1. The molecule has 0 spiro atoms. The Labute approximate surface area is 193 Å². The zero-order chi connectivity index (χ0) is 22.4. The van der Waals surface area contributed by atoms with Gasteiger partial charge in [0.2, 0.25) is 0 Å². The molecule has 0 unspecified atom stereocenters. The topological polar surface area (TPSA) is 59.9 Å². The summed E-state index contributed by atoms with van der Waals surface area (Å²) in [6, 6.07) is 13.6. The van der Waals surface area contributed by atoms with Crippen LogP contribution in [0.15, 0.2) is 47.6 Å². The molecule has 0 aliphatic rings. The Morgan fingerprint density at radius 3 is 2.33 bits per heavy atom. The van der Waals surface area contributed by atoms with Gasteiger partial charge in [0.1, 0.15) is 11.5 Å². The van der Waals surface area contributed by atoms with Gasteiger partial charge in [-0.15, -0.1) is 0 Å². The van der Waals surface area contributed by atoms with E-state index in [0.717, 1.165) is 21.3 Å². The Balaban J connectivity index is 1.85. The van der Waals surface area contributed by atoms with Crippen molar-refractivity contribution in [3.63, 3.8) is 0 Å². The molecule has 0 saturated heterocycles. The lowest BCUT2D eigenvalue weighted by Crippen LogP contribution is -2.25. The monoisotopic (exact) mass is 522 g/mol. The smallest absolute Gasteiger partial charge is 0.277 e. The fraction of sp³-hybridized carbons (Fsp3) is 0.417. The van der Waals surface area contributed by atoms with E-state index in [1.807, 2.05) is 30.3 Å². The van der Waals surface area contributed by atoms with Gasteiger partial charge >= 0.3 is 0 Å². The van der Waals surface area contributed by atoms with Gasteiger partial charge in [0.15, 0.2) is 6.61 Å². The van der Waals surface area contributed by atoms with Crippen LogP contribution in [0.1, 0.15) is 52.2 Å². The van der Waals surface area contributed by atoms with Gasteiger partial charge < -0.3 is 9.47 Å². The molecular formula is C24H31IN2O3. The molecule has 2 rings (SSSR count). The average Bonchev–Trinajstić information content (AvgIpc) is 2.65. The van der Waals surface area contributed by atoms with Crippen LogP contribution in [0.25, 0.3) is 0 Å². The number of ether oxygens (including phenoxy) is 2. The van der Waals surface area contributed by atoms with Crippen LogP contribution in [-0.4, -0.2) is 25.8 Å². The number of carbonyl (C=O) groups is 1. The van der Waals surface area contributed by atoms with Crippen molar-refractivity contribution in [3.8, 4) is 11.5 Å². The molecule has 0 aromatic heterocycles. The molecular weight excluding hydrogens is 491 g/mol. The second-order valence-electron chi connectivity index (χ2n) is 9.12. The molecule has 0 heterocycles. The molecule has 1 N–H and O–H groups in total. The first-order valence-corrected chi connectivity index (χ1v) is 11.0. The van der Waals surface area contributed by atoms with E-state index in [2.05, 4.69) is 79.9 Å². The second-order valence-corrected chi connectivity index (χ2v) is 10.3. The fourth-order valence-corrected chi connectivity index (χ4v) is 4.31. The lowest BCUT2D eigenvalue weighted by atomic mass is 9.72. The van der Waals surface area contributed by atoms with Crippen molar-refractivity contribution in [2.75, 3.05) is 13.7 Å². The molecule has 0 saturated carbocycles. The van der Waals surface area contributed by atoms with Gasteiger partial charge in [0, 0.05) is 0 Å². The van der Waals surface area contributed by atoms with Gasteiger partial charge in [-0.3, -0.25) is 4.79 Å². The third-order valence-electron chi connectivity index (χ3n) is 4.56. The summed E-state index contributed by atoms with van der Waals surface area (Å²) in [6.45, 7) is 11.2. The maximum Gasteiger partial charge on any atom is 0.277 e. The summed E-state index contributed by atoms with van der Waals surface area (Å²) in [7, 11) is 1.63. The molecule has 0 fully saturated rings. The molecule has 30 heavy (non-hydrogen) atoms. The largest absolute Gasteiger partial charge is 0.496 e. The third-order valence-corrected chi connectivity index (χ3v) is 5.40. The van der Waals surface area contributed by atoms with E-state index in [4.69, 9.17) is 9.47 Å². The Bertz CT molecular complexity index is 884. The fourth-order valence-electron chi connectivity index (χ4n) is 3.55. The number of hydrogen-bond donors (Lipinski definition) is 1. The number of halogens is 1. The maximum absolute atomic E-state index is 12.0. The zero-order valence-corrected chi connectivity index (χ0v) is 20.7. The molecule has 0 aliphatic heterocycles. The van der Waals surface area contributed by atoms with Crippen molar-refractivity contribution in [2.24, 2.45) is 10.5 Å². The molecule has 0 radical (unpaired) electrons. The number of nitrogens with zero attached hydrogens (tertiary/aromatic N) is 1. The minimum Gasteiger partial charge on any atom is -0.496 e. The predicted octanol–water partition coefficient (Wildman–Crippen LogP) is 5.54. The number of nitrogens with one attached hydrogen (secondary N) is 1. The van der Waals surface area contributed by atoms with Crippen LogP contribution in [0.3, 0.4) is 0 Å². The molecule has 5 nitrogen and oxygen atoms in total. The van der Waals surface area contributed by atoms with Crippen molar-refractivity contribution in [1.82, 2.24) is 5.43 Å². The highest BCUT2D eigenvalue weighted by Gasteiger charge is 2.27. The number of benzene rings is 2. The predicted molar refractivity (Wildman–Crippen MR) is 130 cm³/mol. The van der Waals surface area contributed by atoms with Crippen molar-refractivity contribution in [2.45, 2.75) is 46.5 Å². The van der Waals surface area contributed by atoms with E-state index in [1.54, 1.807) is 13.3 Å². The van der Waals surface area contributed by atoms with Crippen molar-refractivity contribution in [1.29, 1.82) is 0 Å². The standard InChI is InChI=1S/C24H31IN2O3/c1-23(2,3)16-24(4,5)18-8-10-19(11-9-18)30-15-22(28)27-26-14-17-7-12-21(29-6)20(25)13-17/h7-14H,15-16H2,1-6H3,(H,27,28)/b26-14-. The number of hydrazone groups is 1. The van der Waals surface area contributed by atoms with E-state index < -0.39 is 0 Å². The van der Waals surface area contributed by atoms with E-state index in [1.165, 1.54) is 5.56 Å². The minimum atomic E-state index is -0.313. The SMILES string of the molecule is COc1ccc(/C=N\NC(=O)COc2ccc(C(C)(C)CC(C)(C)C)cc2)cc1I. The summed E-state index contributed by atoms with van der Waals surface area (Å²) in [4.78, 5) is 12.0. The van der Waals surface area contributed by atoms with Crippen molar-refractivity contribution in [3.05, 3.63) is 57.2 Å². The van der Waals surface area contributed by atoms with E-state index in [9.17, 15) is 4.79 Å². The zero-order valence-electron chi connectivity index (χ0n) is 18.6. The quantitative estimate of drug-likeness (QED) is 0.281. The summed E-state index contributed by atoms with van der Waals surface area (Å²) in [5.41, 5.74) is 4.93. The molecule has 2 aromatic carbocycles. The highest BCUT2D eigenvalue weighted by Crippen LogP contribution is 2.36. The molecule has 0 aliphatic carbocycles. The van der Waals surface area contributed by atoms with Crippen LogP contribution in [0.5, 0.6) is 11.5 Å². The second kappa shape index (κ2) is 10.3. The van der Waals surface area contributed by atoms with E-state index in [-0.39, 0.29) is 23.3 Å². The Morgan fingerprint density at radius 1 is 1.10 bits per heavy atom. The summed E-state index contributed by atoms with van der Waals surface area (Å²) in [5.74, 6) is 1.15. The van der Waals surface area contributed by atoms with Crippen molar-refractivity contribution >= 4 is 34.7 Å². The van der Waals surface area contributed by atoms with Crippen LogP contribution in [0.4, 0.5) is 0 Å². The van der Waals surface area contributed by atoms with Crippen molar-refractivity contribution < 1.29 is 14.3 Å². The van der Waals surface area contributed by atoms with E-state index in [0.29, 0.717) is 5.75 Å². The number of amides is 1. The lowest BCUT2D eigenvalue weighted by Gasteiger charge is -2.33. The Hall–Kier alpha value is -2.09. The summed E-state index contributed by atoms with van der Waals surface area (Å²) >= 11 is 2.19. The molecule has 1 amide bonds. The van der Waals surface area contributed by atoms with Gasteiger partial charge in [0.25, 0.3) is 5.91 Å². The van der Waals surface area contributed by atoms with Gasteiger partial charge in [-0.2, -0.15) is 5.10 Å². The molecule has 2 aromatic rings. The average molecular weight is 522 g/mol. The lowest BCUT2D eigenvalue weighted by molar-refractivity contribution is -0.123. The molecule has 162 valence electrons. The van der Waals surface area contributed by atoms with Crippen LogP contribution < -0.4 is 14.9 Å². The highest BCUT2D eigenvalue weighted by atomic mass is 127. The first kappa shape index (κ1) is 24.2. The number of rotatable bonds is 8. The molecule has 0 atom stereocenters. The molecule has 6 heteroatoms. The molecule has 0 bridgehead atoms. The maximum atomic E-state index is 12.0. The van der Waals surface area contributed by atoms with Gasteiger partial charge in [0.05, 0.1) is 16.9 Å². The van der Waals surface area contributed by atoms with Crippen LogP contribution >= 0.6 is 22.6 Å². The van der Waals surface area contributed by atoms with E-state index >= 15 is 0 Å². The van der Waals surface area contributed by atoms with Gasteiger partial charge in [-0.25, -0.2) is 5.43 Å². The van der Waals surface area contributed by atoms with Crippen LogP contribution in [0.2, 0.25) is 0 Å². The third kappa shape index (κ3) is 7.63. The van der Waals surface area contributed by atoms with Gasteiger partial charge in [-0.05, 0) is 81.3 Å².